The van der Waals surface area contributed by atoms with Crippen molar-refractivity contribution in [3.8, 4) is 28.3 Å². The molecule has 3 aromatic heterocycles. The summed E-state index contributed by atoms with van der Waals surface area (Å²) in [5.74, 6) is 0.825. The van der Waals surface area contributed by atoms with Gasteiger partial charge in [-0.25, -0.2) is 14.8 Å². The van der Waals surface area contributed by atoms with Gasteiger partial charge in [0.05, 0.1) is 34.1 Å². The number of aromatic nitrogens is 4. The molecule has 2 aromatic carbocycles. The van der Waals surface area contributed by atoms with Gasteiger partial charge in [0.15, 0.2) is 0 Å². The van der Waals surface area contributed by atoms with Crippen LogP contribution in [0.5, 0.6) is 5.88 Å². The van der Waals surface area contributed by atoms with Gasteiger partial charge in [0.2, 0.25) is 11.8 Å². The molecule has 0 aliphatic carbocycles. The second-order valence-electron chi connectivity index (χ2n) is 11.0. The van der Waals surface area contributed by atoms with E-state index >= 15 is 0 Å². The van der Waals surface area contributed by atoms with Crippen LogP contribution in [0.3, 0.4) is 0 Å². The molecule has 4 heterocycles. The number of fused-ring (bicyclic) bond motifs is 1. The Morgan fingerprint density at radius 3 is 2.43 bits per heavy atom. The van der Waals surface area contributed by atoms with Crippen molar-refractivity contribution < 1.29 is 9.53 Å². The van der Waals surface area contributed by atoms with Crippen molar-refractivity contribution in [3.05, 3.63) is 97.2 Å². The number of benzene rings is 2. The van der Waals surface area contributed by atoms with Crippen molar-refractivity contribution in [2.75, 3.05) is 19.0 Å². The number of pyridine rings is 2. The van der Waals surface area contributed by atoms with E-state index < -0.39 is 11.2 Å². The van der Waals surface area contributed by atoms with Crippen molar-refractivity contribution >= 4 is 51.5 Å². The first kappa shape index (κ1) is 31.3. The third-order valence-electron chi connectivity index (χ3n) is 8.12. The summed E-state index contributed by atoms with van der Waals surface area (Å²) >= 11 is 14.0. The van der Waals surface area contributed by atoms with E-state index in [0.29, 0.717) is 69.0 Å². The fraction of sp³-hybridized carbons (Fsp3) is 0.242. The number of halogens is 2. The Morgan fingerprint density at radius 1 is 0.957 bits per heavy atom. The number of nitrogens with zero attached hydrogens (tertiary/aromatic N) is 4. The highest BCUT2D eigenvalue weighted by Crippen LogP contribution is 2.42. The van der Waals surface area contributed by atoms with E-state index in [9.17, 15) is 14.4 Å². The van der Waals surface area contributed by atoms with Crippen LogP contribution in [0.4, 0.5) is 11.5 Å². The van der Waals surface area contributed by atoms with Gasteiger partial charge in [-0.15, -0.1) is 0 Å². The van der Waals surface area contributed by atoms with E-state index in [1.54, 1.807) is 26.3 Å². The van der Waals surface area contributed by atoms with Crippen molar-refractivity contribution in [1.29, 1.82) is 0 Å². The number of carbonyl (C=O) groups is 1. The highest BCUT2D eigenvalue weighted by molar-refractivity contribution is 6.39. The maximum absolute atomic E-state index is 13.1. The third-order valence-corrected chi connectivity index (χ3v) is 8.94. The topological polar surface area (TPSA) is 132 Å². The van der Waals surface area contributed by atoms with E-state index in [-0.39, 0.29) is 23.2 Å². The first-order valence-electron chi connectivity index (χ1n) is 14.6. The zero-order valence-electron chi connectivity index (χ0n) is 25.4. The number of hydrogen-bond donors (Lipinski definition) is 3. The van der Waals surface area contributed by atoms with Crippen LogP contribution in [0.15, 0.2) is 70.4 Å². The molecule has 1 atom stereocenters. The Kier molecular flexibility index (Phi) is 8.81. The molecule has 1 saturated heterocycles. The molecule has 0 radical (unpaired) electrons. The highest BCUT2D eigenvalue weighted by atomic mass is 35.5. The standard InChI is InChI=1S/C33H31Cl2N7O4/c1-41-25-14-15-37-30(27(25)32(44)42(2)33(41)45)39-24-9-5-7-21(29(24)35)20-6-4-8-22(28(20)34)23-12-10-18(31(40-23)46-3)16-36-17-19-11-13-26(43)38-19/h4-10,12,14-15,19,36H,11,13,16-17H2,1-3H3,(H,37,39)(H,38,43)/t19-/m1/s1. The number of aryl methyl sites for hydroxylation is 1. The number of methoxy groups -OCH3 is 1. The lowest BCUT2D eigenvalue weighted by Crippen LogP contribution is -2.37. The van der Waals surface area contributed by atoms with Crippen LogP contribution in [-0.4, -0.2) is 44.7 Å². The molecule has 1 aliphatic heterocycles. The SMILES string of the molecule is COc1nc(-c2cccc(-c3cccc(Nc4nccc5c4c(=O)n(C)c(=O)n5C)c3Cl)c2Cl)ccc1CNC[C@H]1CCC(=O)N1. The van der Waals surface area contributed by atoms with Gasteiger partial charge in [0.1, 0.15) is 11.2 Å². The Morgan fingerprint density at radius 2 is 1.70 bits per heavy atom. The normalized spacial score (nSPS) is 14.5. The molecule has 236 valence electrons. The Bertz CT molecular complexity index is 2110. The number of rotatable bonds is 9. The predicted molar refractivity (Wildman–Crippen MR) is 180 cm³/mol. The lowest BCUT2D eigenvalue weighted by atomic mass is 10.00. The number of carbonyl (C=O) groups excluding carboxylic acids is 1. The monoisotopic (exact) mass is 659 g/mol. The van der Waals surface area contributed by atoms with Gasteiger partial charge in [0, 0.05) is 68.1 Å². The quantitative estimate of drug-likeness (QED) is 0.206. The predicted octanol–water partition coefficient (Wildman–Crippen LogP) is 4.79. The number of amides is 1. The second-order valence-corrected chi connectivity index (χ2v) is 11.8. The molecule has 13 heteroatoms. The van der Waals surface area contributed by atoms with E-state index in [2.05, 4.69) is 20.9 Å². The van der Waals surface area contributed by atoms with Gasteiger partial charge in [-0.05, 0) is 24.6 Å². The molecule has 5 aromatic rings. The first-order valence-corrected chi connectivity index (χ1v) is 15.4. The summed E-state index contributed by atoms with van der Waals surface area (Å²) in [6.07, 6.45) is 2.91. The second kappa shape index (κ2) is 13.0. The molecule has 46 heavy (non-hydrogen) atoms. The van der Waals surface area contributed by atoms with Gasteiger partial charge < -0.3 is 20.7 Å². The summed E-state index contributed by atoms with van der Waals surface area (Å²) in [6.45, 7) is 1.19. The first-order chi connectivity index (χ1) is 22.2. The number of ether oxygens (including phenoxy) is 1. The van der Waals surface area contributed by atoms with Crippen LogP contribution in [0.1, 0.15) is 18.4 Å². The molecular formula is C33H31Cl2N7O4. The van der Waals surface area contributed by atoms with Crippen molar-refractivity contribution in [3.63, 3.8) is 0 Å². The minimum Gasteiger partial charge on any atom is -0.481 e. The summed E-state index contributed by atoms with van der Waals surface area (Å²) in [6, 6.07) is 16.7. The number of anilines is 2. The molecule has 0 saturated carbocycles. The minimum atomic E-state index is -0.469. The van der Waals surface area contributed by atoms with E-state index in [1.165, 1.54) is 17.8 Å². The molecule has 1 amide bonds. The number of nitrogens with one attached hydrogen (secondary N) is 3. The maximum Gasteiger partial charge on any atom is 0.330 e. The molecule has 11 nitrogen and oxygen atoms in total. The summed E-state index contributed by atoms with van der Waals surface area (Å²) in [5.41, 5.74) is 3.59. The van der Waals surface area contributed by atoms with Crippen molar-refractivity contribution in [1.82, 2.24) is 29.7 Å². The van der Waals surface area contributed by atoms with Crippen LogP contribution in [0, 0.1) is 0 Å². The Hall–Kier alpha value is -4.71. The van der Waals surface area contributed by atoms with Gasteiger partial charge >= 0.3 is 5.69 Å². The van der Waals surface area contributed by atoms with Crippen molar-refractivity contribution in [2.45, 2.75) is 25.4 Å². The summed E-state index contributed by atoms with van der Waals surface area (Å²) in [5, 5.41) is 10.6. The molecule has 0 unspecified atom stereocenters. The summed E-state index contributed by atoms with van der Waals surface area (Å²) < 4.78 is 8.05. The van der Waals surface area contributed by atoms with Gasteiger partial charge in [-0.3, -0.25) is 18.7 Å². The molecule has 3 N–H and O–H groups in total. The fourth-order valence-electron chi connectivity index (χ4n) is 5.66. The van der Waals surface area contributed by atoms with Crippen LogP contribution in [0.25, 0.3) is 33.3 Å². The smallest absolute Gasteiger partial charge is 0.330 e. The van der Waals surface area contributed by atoms with Crippen LogP contribution in [-0.2, 0) is 25.4 Å². The van der Waals surface area contributed by atoms with Crippen LogP contribution >= 0.6 is 23.2 Å². The zero-order valence-corrected chi connectivity index (χ0v) is 26.9. The molecule has 0 spiro atoms. The lowest BCUT2D eigenvalue weighted by Gasteiger charge is -2.16. The van der Waals surface area contributed by atoms with Gasteiger partial charge in [-0.2, -0.15) is 0 Å². The number of hydrogen-bond acceptors (Lipinski definition) is 8. The van der Waals surface area contributed by atoms with Gasteiger partial charge in [-0.1, -0.05) is 59.6 Å². The molecular weight excluding hydrogens is 629 g/mol. The molecule has 1 fully saturated rings. The van der Waals surface area contributed by atoms with Gasteiger partial charge in [0.25, 0.3) is 5.56 Å². The summed E-state index contributed by atoms with van der Waals surface area (Å²) in [7, 11) is 4.60. The van der Waals surface area contributed by atoms with E-state index in [0.717, 1.165) is 16.6 Å². The molecule has 0 bridgehead atoms. The van der Waals surface area contributed by atoms with E-state index in [4.69, 9.17) is 32.9 Å². The fourth-order valence-corrected chi connectivity index (χ4v) is 6.26. The Balaban J connectivity index is 1.30. The molecule has 1 aliphatic rings. The average molecular weight is 661 g/mol. The summed E-state index contributed by atoms with van der Waals surface area (Å²) in [4.78, 5) is 46.2. The highest BCUT2D eigenvalue weighted by Gasteiger charge is 2.21. The largest absolute Gasteiger partial charge is 0.481 e. The zero-order chi connectivity index (χ0) is 32.5. The third kappa shape index (κ3) is 5.84. The van der Waals surface area contributed by atoms with E-state index in [1.807, 2.05) is 42.5 Å². The molecule has 6 rings (SSSR count). The minimum absolute atomic E-state index is 0.0850. The van der Waals surface area contributed by atoms with Crippen LogP contribution < -0.4 is 31.9 Å². The Labute approximate surface area is 274 Å². The maximum atomic E-state index is 13.1. The lowest BCUT2D eigenvalue weighted by molar-refractivity contribution is -0.119. The average Bonchev–Trinajstić information content (AvgIpc) is 3.48. The van der Waals surface area contributed by atoms with Crippen molar-refractivity contribution in [2.24, 2.45) is 14.1 Å². The van der Waals surface area contributed by atoms with Crippen LogP contribution in [0.2, 0.25) is 10.0 Å².